The number of halogens is 2. The number of hydrogen-bond acceptors (Lipinski definition) is 2. The molecule has 2 rings (SSSR count). The van der Waals surface area contributed by atoms with Gasteiger partial charge in [-0.1, -0.05) is 57.0 Å². The highest BCUT2D eigenvalue weighted by atomic mass is 79.9. The fourth-order valence-electron chi connectivity index (χ4n) is 2.32. The van der Waals surface area contributed by atoms with E-state index in [0.29, 0.717) is 0 Å². The fraction of sp³-hybridized carbons (Fsp3) is 0.294. The lowest BCUT2D eigenvalue weighted by Gasteiger charge is -2.23. The quantitative estimate of drug-likeness (QED) is 0.694. The van der Waals surface area contributed by atoms with Crippen molar-refractivity contribution in [3.63, 3.8) is 0 Å². The van der Waals surface area contributed by atoms with Gasteiger partial charge in [-0.25, -0.2) is 0 Å². The number of para-hydroxylation sites is 1. The fourth-order valence-corrected chi connectivity index (χ4v) is 3.17. The lowest BCUT2D eigenvalue weighted by molar-refractivity contribution is 0.403. The van der Waals surface area contributed by atoms with E-state index < -0.39 is 0 Å². The molecule has 0 saturated carbocycles. The molecule has 0 radical (unpaired) electrons. The summed E-state index contributed by atoms with van der Waals surface area (Å²) in [6.45, 7) is 3.11. The van der Waals surface area contributed by atoms with Crippen LogP contribution < -0.4 is 10.1 Å². The summed E-state index contributed by atoms with van der Waals surface area (Å²) in [6.07, 6.45) is 1.08. The van der Waals surface area contributed by atoms with Crippen LogP contribution in [0.25, 0.3) is 0 Å². The molecular formula is C17H19Br2NO. The van der Waals surface area contributed by atoms with Crippen LogP contribution in [0.1, 0.15) is 30.5 Å². The average molecular weight is 413 g/mol. The summed E-state index contributed by atoms with van der Waals surface area (Å²) in [7, 11) is 1.71. The second-order valence-corrected chi connectivity index (χ2v) is 6.56. The maximum Gasteiger partial charge on any atom is 0.123 e. The first-order valence-electron chi connectivity index (χ1n) is 6.98. The molecule has 1 atom stereocenters. The van der Waals surface area contributed by atoms with Gasteiger partial charge in [0.25, 0.3) is 0 Å². The minimum absolute atomic E-state index is 0.0907. The van der Waals surface area contributed by atoms with E-state index in [1.54, 1.807) is 7.11 Å². The summed E-state index contributed by atoms with van der Waals surface area (Å²) in [5.74, 6) is 0.901. The number of hydrogen-bond donors (Lipinski definition) is 1. The van der Waals surface area contributed by atoms with Gasteiger partial charge in [0.15, 0.2) is 0 Å². The number of ether oxygens (including phenoxy) is 1. The summed E-state index contributed by atoms with van der Waals surface area (Å²) in [4.78, 5) is 0. The summed E-state index contributed by atoms with van der Waals surface area (Å²) in [6, 6.07) is 14.5. The topological polar surface area (TPSA) is 21.3 Å². The molecule has 0 bridgehead atoms. The van der Waals surface area contributed by atoms with E-state index >= 15 is 0 Å². The third kappa shape index (κ3) is 4.09. The van der Waals surface area contributed by atoms with Crippen molar-refractivity contribution in [2.45, 2.75) is 19.4 Å². The third-order valence-electron chi connectivity index (χ3n) is 3.32. The van der Waals surface area contributed by atoms with Crippen LogP contribution in [0, 0.1) is 0 Å². The van der Waals surface area contributed by atoms with Gasteiger partial charge < -0.3 is 10.1 Å². The van der Waals surface area contributed by atoms with Gasteiger partial charge in [-0.2, -0.15) is 0 Å². The van der Waals surface area contributed by atoms with Crippen molar-refractivity contribution in [2.24, 2.45) is 0 Å². The van der Waals surface area contributed by atoms with Crippen molar-refractivity contribution in [1.29, 1.82) is 0 Å². The number of benzene rings is 2. The Bertz CT molecular complexity index is 601. The highest BCUT2D eigenvalue weighted by Crippen LogP contribution is 2.35. The highest BCUT2D eigenvalue weighted by Gasteiger charge is 2.19. The molecular weight excluding hydrogens is 394 g/mol. The zero-order chi connectivity index (χ0) is 15.2. The molecule has 21 heavy (non-hydrogen) atoms. The Morgan fingerprint density at radius 2 is 1.86 bits per heavy atom. The summed E-state index contributed by atoms with van der Waals surface area (Å²) in [5.41, 5.74) is 2.34. The molecule has 0 aliphatic carbocycles. The van der Waals surface area contributed by atoms with Gasteiger partial charge in [0.05, 0.1) is 13.2 Å². The van der Waals surface area contributed by atoms with Gasteiger partial charge in [-0.05, 0) is 42.8 Å². The second kappa shape index (κ2) is 7.97. The van der Waals surface area contributed by atoms with Gasteiger partial charge in [-0.15, -0.1) is 0 Å². The third-order valence-corrected chi connectivity index (χ3v) is 4.53. The first-order chi connectivity index (χ1) is 10.2. The standard InChI is InChI=1S/C17H19Br2NO/c1-3-10-20-17(13-6-4-5-7-16(13)21-2)14-11-12(18)8-9-15(14)19/h4-9,11,17,20H,3,10H2,1-2H3. The van der Waals surface area contributed by atoms with Crippen LogP contribution in [0.3, 0.4) is 0 Å². The minimum Gasteiger partial charge on any atom is -0.496 e. The van der Waals surface area contributed by atoms with E-state index in [0.717, 1.165) is 33.2 Å². The van der Waals surface area contributed by atoms with E-state index in [2.05, 4.69) is 62.3 Å². The molecule has 0 amide bonds. The molecule has 1 unspecified atom stereocenters. The first kappa shape index (κ1) is 16.5. The summed E-state index contributed by atoms with van der Waals surface area (Å²) in [5, 5.41) is 3.61. The largest absolute Gasteiger partial charge is 0.496 e. The van der Waals surface area contributed by atoms with Gasteiger partial charge >= 0.3 is 0 Å². The maximum absolute atomic E-state index is 5.53. The molecule has 4 heteroatoms. The number of nitrogens with one attached hydrogen (secondary N) is 1. The van der Waals surface area contributed by atoms with Gasteiger partial charge in [-0.3, -0.25) is 0 Å². The van der Waals surface area contributed by atoms with Crippen LogP contribution in [-0.2, 0) is 0 Å². The molecule has 1 N–H and O–H groups in total. The Morgan fingerprint density at radius 1 is 1.10 bits per heavy atom. The van der Waals surface area contributed by atoms with Crippen LogP contribution in [0.4, 0.5) is 0 Å². The van der Waals surface area contributed by atoms with Crippen molar-refractivity contribution >= 4 is 31.9 Å². The van der Waals surface area contributed by atoms with Crippen LogP contribution in [-0.4, -0.2) is 13.7 Å². The van der Waals surface area contributed by atoms with Gasteiger partial charge in [0.2, 0.25) is 0 Å². The zero-order valence-corrected chi connectivity index (χ0v) is 15.4. The van der Waals surface area contributed by atoms with Crippen molar-refractivity contribution in [3.8, 4) is 5.75 Å². The normalized spacial score (nSPS) is 12.2. The Morgan fingerprint density at radius 3 is 2.57 bits per heavy atom. The molecule has 2 aromatic carbocycles. The summed E-state index contributed by atoms with van der Waals surface area (Å²) >= 11 is 7.23. The predicted molar refractivity (Wildman–Crippen MR) is 95.0 cm³/mol. The van der Waals surface area contributed by atoms with Crippen molar-refractivity contribution in [1.82, 2.24) is 5.32 Å². The molecule has 0 fully saturated rings. The van der Waals surface area contributed by atoms with Crippen LogP contribution in [0.5, 0.6) is 5.75 Å². The molecule has 0 spiro atoms. The van der Waals surface area contributed by atoms with Crippen molar-refractivity contribution in [3.05, 3.63) is 62.5 Å². The van der Waals surface area contributed by atoms with Crippen molar-refractivity contribution in [2.75, 3.05) is 13.7 Å². The van der Waals surface area contributed by atoms with Crippen LogP contribution >= 0.6 is 31.9 Å². The average Bonchev–Trinajstić information content (AvgIpc) is 2.51. The molecule has 0 saturated heterocycles. The zero-order valence-electron chi connectivity index (χ0n) is 12.2. The second-order valence-electron chi connectivity index (χ2n) is 4.79. The first-order valence-corrected chi connectivity index (χ1v) is 8.57. The Balaban J connectivity index is 2.49. The maximum atomic E-state index is 5.53. The summed E-state index contributed by atoms with van der Waals surface area (Å²) < 4.78 is 7.69. The van der Waals surface area contributed by atoms with E-state index in [1.807, 2.05) is 24.3 Å². The van der Waals surface area contributed by atoms with Crippen LogP contribution in [0.15, 0.2) is 51.4 Å². The Kier molecular flexibility index (Phi) is 6.27. The van der Waals surface area contributed by atoms with Crippen LogP contribution in [0.2, 0.25) is 0 Å². The molecule has 0 aliphatic rings. The molecule has 112 valence electrons. The highest BCUT2D eigenvalue weighted by molar-refractivity contribution is 9.11. The van der Waals surface area contributed by atoms with Gasteiger partial charge in [0.1, 0.15) is 5.75 Å². The molecule has 2 nitrogen and oxygen atoms in total. The van der Waals surface area contributed by atoms with E-state index in [9.17, 15) is 0 Å². The predicted octanol–water partition coefficient (Wildman–Crippen LogP) is 5.31. The van der Waals surface area contributed by atoms with E-state index in [1.165, 1.54) is 5.56 Å². The monoisotopic (exact) mass is 411 g/mol. The van der Waals surface area contributed by atoms with Crippen molar-refractivity contribution < 1.29 is 4.74 Å². The number of rotatable bonds is 6. The smallest absolute Gasteiger partial charge is 0.123 e. The Hall–Kier alpha value is -0.840. The molecule has 0 aromatic heterocycles. The van der Waals surface area contributed by atoms with E-state index in [4.69, 9.17) is 4.74 Å². The van der Waals surface area contributed by atoms with E-state index in [-0.39, 0.29) is 6.04 Å². The molecule has 2 aromatic rings. The number of methoxy groups -OCH3 is 1. The molecule has 0 heterocycles. The Labute approximate surface area is 143 Å². The van der Waals surface area contributed by atoms with Gasteiger partial charge in [0, 0.05) is 14.5 Å². The molecule has 0 aliphatic heterocycles. The SMILES string of the molecule is CCCNC(c1cc(Br)ccc1Br)c1ccccc1OC. The lowest BCUT2D eigenvalue weighted by Crippen LogP contribution is -2.24. The lowest BCUT2D eigenvalue weighted by atomic mass is 9.97. The minimum atomic E-state index is 0.0907.